The summed E-state index contributed by atoms with van der Waals surface area (Å²) in [6.45, 7) is 6.99. The number of carbonyl (C=O) groups is 1. The lowest BCUT2D eigenvalue weighted by molar-refractivity contribution is -0.119. The second-order valence-corrected chi connectivity index (χ2v) is 9.38. The van der Waals surface area contributed by atoms with Crippen molar-refractivity contribution in [3.05, 3.63) is 107 Å². The van der Waals surface area contributed by atoms with E-state index in [-0.39, 0.29) is 5.91 Å². The first-order valence-electron chi connectivity index (χ1n) is 12.3. The van der Waals surface area contributed by atoms with Crippen LogP contribution in [0.15, 0.2) is 85.1 Å². The van der Waals surface area contributed by atoms with Gasteiger partial charge in [-0.15, -0.1) is 0 Å². The summed E-state index contributed by atoms with van der Waals surface area (Å²) in [6.07, 6.45) is 6.87. The monoisotopic (exact) mass is 451 g/mol. The van der Waals surface area contributed by atoms with Crippen molar-refractivity contribution >= 4 is 17.3 Å². The molecule has 1 saturated heterocycles. The Morgan fingerprint density at radius 3 is 2.44 bits per heavy atom. The molecule has 34 heavy (non-hydrogen) atoms. The Bertz CT molecular complexity index is 1160. The number of carbonyl (C=O) groups excluding carboxylic acids is 1. The molecule has 0 N–H and O–H groups in total. The topological polar surface area (TPSA) is 26.8 Å². The number of allylic oxidation sites excluding steroid dienone is 1. The highest BCUT2D eigenvalue weighted by molar-refractivity contribution is 5.96. The predicted octanol–water partition coefficient (Wildman–Crippen LogP) is 5.35. The number of benzene rings is 3. The molecule has 4 nitrogen and oxygen atoms in total. The summed E-state index contributed by atoms with van der Waals surface area (Å²) in [5.74, 6) is 0.216. The van der Waals surface area contributed by atoms with Gasteiger partial charge in [0.2, 0.25) is 5.91 Å². The first-order chi connectivity index (χ1) is 16.7. The molecule has 1 amide bonds. The van der Waals surface area contributed by atoms with Gasteiger partial charge in [-0.3, -0.25) is 4.79 Å². The standard InChI is InChI=1S/C30H33N3O/c1-24-7-5-11-28(21-24)32-19-17-31(18-20-32)16-6-10-25-12-14-29-27(22-25)13-15-30(34)33(29)23-26-8-3-2-4-9-26/h2-9,11-12,14,16,21-22H,10,13,15,17-20,23H2,1H3/b16-6+. The number of amides is 1. The molecule has 4 heteroatoms. The van der Waals surface area contributed by atoms with Crippen molar-refractivity contribution < 1.29 is 4.79 Å². The highest BCUT2D eigenvalue weighted by Gasteiger charge is 2.24. The van der Waals surface area contributed by atoms with Crippen molar-refractivity contribution in [3.63, 3.8) is 0 Å². The van der Waals surface area contributed by atoms with E-state index >= 15 is 0 Å². The first-order valence-corrected chi connectivity index (χ1v) is 12.3. The second-order valence-electron chi connectivity index (χ2n) is 9.38. The average molecular weight is 452 g/mol. The smallest absolute Gasteiger partial charge is 0.227 e. The normalized spacial score (nSPS) is 16.3. The Morgan fingerprint density at radius 2 is 1.65 bits per heavy atom. The van der Waals surface area contributed by atoms with E-state index < -0.39 is 0 Å². The number of aryl methyl sites for hydroxylation is 2. The first kappa shape index (κ1) is 22.3. The minimum atomic E-state index is 0.216. The summed E-state index contributed by atoms with van der Waals surface area (Å²) >= 11 is 0. The van der Waals surface area contributed by atoms with Crippen molar-refractivity contribution in [2.24, 2.45) is 0 Å². The summed E-state index contributed by atoms with van der Waals surface area (Å²) in [7, 11) is 0. The minimum absolute atomic E-state index is 0.216. The van der Waals surface area contributed by atoms with Crippen LogP contribution in [-0.2, 0) is 24.2 Å². The SMILES string of the molecule is Cc1cccc(N2CCN(/C=C/Cc3ccc4c(c3)CCC(=O)N4Cc3ccccc3)CC2)c1. The van der Waals surface area contributed by atoms with Crippen LogP contribution < -0.4 is 9.80 Å². The van der Waals surface area contributed by atoms with Crippen LogP contribution in [0, 0.1) is 6.92 Å². The molecule has 0 bridgehead atoms. The molecule has 2 aliphatic rings. The van der Waals surface area contributed by atoms with Crippen molar-refractivity contribution in [3.8, 4) is 0 Å². The number of anilines is 2. The predicted molar refractivity (Wildman–Crippen MR) is 140 cm³/mol. The average Bonchev–Trinajstić information content (AvgIpc) is 2.87. The zero-order chi connectivity index (χ0) is 23.3. The van der Waals surface area contributed by atoms with Gasteiger partial charge < -0.3 is 14.7 Å². The van der Waals surface area contributed by atoms with Gasteiger partial charge in [0.15, 0.2) is 0 Å². The molecule has 0 saturated carbocycles. The van der Waals surface area contributed by atoms with Crippen LogP contribution in [0.2, 0.25) is 0 Å². The maximum Gasteiger partial charge on any atom is 0.227 e. The van der Waals surface area contributed by atoms with Crippen LogP contribution >= 0.6 is 0 Å². The Kier molecular flexibility index (Phi) is 6.66. The zero-order valence-electron chi connectivity index (χ0n) is 20.0. The maximum atomic E-state index is 12.6. The third-order valence-electron chi connectivity index (χ3n) is 6.88. The van der Waals surface area contributed by atoms with Gasteiger partial charge in [-0.1, -0.05) is 60.7 Å². The Morgan fingerprint density at radius 1 is 0.824 bits per heavy atom. The van der Waals surface area contributed by atoms with Crippen molar-refractivity contribution in [2.75, 3.05) is 36.0 Å². The van der Waals surface area contributed by atoms with Gasteiger partial charge in [0.05, 0.1) is 6.54 Å². The molecule has 2 aliphatic heterocycles. The molecule has 0 atom stereocenters. The number of nitrogens with zero attached hydrogens (tertiary/aromatic N) is 3. The van der Waals surface area contributed by atoms with Crippen LogP contribution in [0.25, 0.3) is 0 Å². The number of fused-ring (bicyclic) bond motifs is 1. The van der Waals surface area contributed by atoms with Crippen molar-refractivity contribution in [1.82, 2.24) is 4.90 Å². The van der Waals surface area contributed by atoms with Crippen LogP contribution in [-0.4, -0.2) is 37.0 Å². The molecule has 0 radical (unpaired) electrons. The van der Waals surface area contributed by atoms with Crippen LogP contribution in [0.5, 0.6) is 0 Å². The fourth-order valence-corrected chi connectivity index (χ4v) is 4.97. The molecule has 174 valence electrons. The number of hydrogen-bond acceptors (Lipinski definition) is 3. The van der Waals surface area contributed by atoms with E-state index in [4.69, 9.17) is 0 Å². The summed E-state index contributed by atoms with van der Waals surface area (Å²) in [5.41, 5.74) is 7.48. The van der Waals surface area contributed by atoms with E-state index in [9.17, 15) is 4.79 Å². The van der Waals surface area contributed by atoms with Gasteiger partial charge in [0, 0.05) is 44.0 Å². The van der Waals surface area contributed by atoms with E-state index in [1.807, 2.05) is 23.1 Å². The van der Waals surface area contributed by atoms with E-state index in [0.29, 0.717) is 13.0 Å². The molecule has 2 heterocycles. The maximum absolute atomic E-state index is 12.6. The lowest BCUT2D eigenvalue weighted by Crippen LogP contribution is -2.44. The fourth-order valence-electron chi connectivity index (χ4n) is 4.97. The molecule has 0 aromatic heterocycles. The third-order valence-corrected chi connectivity index (χ3v) is 6.88. The minimum Gasteiger partial charge on any atom is -0.374 e. The van der Waals surface area contributed by atoms with Crippen LogP contribution in [0.1, 0.15) is 28.7 Å². The van der Waals surface area contributed by atoms with Crippen LogP contribution in [0.4, 0.5) is 11.4 Å². The quantitative estimate of drug-likeness (QED) is 0.505. The molecule has 3 aromatic carbocycles. The van der Waals surface area contributed by atoms with E-state index in [1.165, 1.54) is 27.9 Å². The highest BCUT2D eigenvalue weighted by Crippen LogP contribution is 2.30. The third kappa shape index (κ3) is 5.17. The van der Waals surface area contributed by atoms with Gasteiger partial charge in [0.1, 0.15) is 0 Å². The molecule has 0 unspecified atom stereocenters. The number of hydrogen-bond donors (Lipinski definition) is 0. The van der Waals surface area contributed by atoms with Gasteiger partial charge in [-0.2, -0.15) is 0 Å². The second kappa shape index (κ2) is 10.2. The van der Waals surface area contributed by atoms with E-state index in [1.54, 1.807) is 0 Å². The van der Waals surface area contributed by atoms with Gasteiger partial charge >= 0.3 is 0 Å². The van der Waals surface area contributed by atoms with Crippen LogP contribution in [0.3, 0.4) is 0 Å². The number of rotatable bonds is 6. The van der Waals surface area contributed by atoms with Gasteiger partial charge in [-0.05, 0) is 66.4 Å². The molecule has 0 spiro atoms. The number of piperazine rings is 1. The molecule has 0 aliphatic carbocycles. The zero-order valence-corrected chi connectivity index (χ0v) is 20.0. The van der Waals surface area contributed by atoms with Gasteiger partial charge in [0.25, 0.3) is 0 Å². The largest absolute Gasteiger partial charge is 0.374 e. The van der Waals surface area contributed by atoms with Gasteiger partial charge in [-0.25, -0.2) is 0 Å². The fraction of sp³-hybridized carbons (Fsp3) is 0.300. The summed E-state index contributed by atoms with van der Waals surface area (Å²) in [4.78, 5) is 19.5. The summed E-state index contributed by atoms with van der Waals surface area (Å²) in [6, 6.07) is 25.6. The Labute approximate surface area is 203 Å². The molecule has 1 fully saturated rings. The van der Waals surface area contributed by atoms with Crippen molar-refractivity contribution in [2.45, 2.75) is 32.7 Å². The van der Waals surface area contributed by atoms with E-state index in [0.717, 1.165) is 44.7 Å². The summed E-state index contributed by atoms with van der Waals surface area (Å²) < 4.78 is 0. The molecule has 3 aromatic rings. The Balaban J connectivity index is 1.18. The highest BCUT2D eigenvalue weighted by atomic mass is 16.2. The molecule has 5 rings (SSSR count). The molecular formula is C30H33N3O. The van der Waals surface area contributed by atoms with E-state index in [2.05, 4.69) is 83.6 Å². The summed E-state index contributed by atoms with van der Waals surface area (Å²) in [5, 5.41) is 0. The lowest BCUT2D eigenvalue weighted by atomic mass is 9.97. The lowest BCUT2D eigenvalue weighted by Gasteiger charge is -2.35. The molecular weight excluding hydrogens is 418 g/mol. The van der Waals surface area contributed by atoms with Crippen molar-refractivity contribution in [1.29, 1.82) is 0 Å². The Hall–Kier alpha value is -3.53.